The van der Waals surface area contributed by atoms with Crippen molar-refractivity contribution >= 4 is 16.0 Å². The van der Waals surface area contributed by atoms with E-state index in [0.717, 1.165) is 44.9 Å². The third-order valence-electron chi connectivity index (χ3n) is 4.79. The second-order valence-electron chi connectivity index (χ2n) is 6.48. The summed E-state index contributed by atoms with van der Waals surface area (Å²) < 4.78 is 27.0. The van der Waals surface area contributed by atoms with E-state index in [1.54, 1.807) is 4.31 Å². The van der Waals surface area contributed by atoms with Gasteiger partial charge in [0, 0.05) is 19.0 Å². The molecule has 5 nitrogen and oxygen atoms in total. The molecule has 1 heterocycles. The SMILES string of the molecule is O=C(O)CCC1CCCCN1S(=O)(=O)CC1CCCCC1. The summed E-state index contributed by atoms with van der Waals surface area (Å²) in [4.78, 5) is 10.7. The van der Waals surface area contributed by atoms with E-state index in [9.17, 15) is 13.2 Å². The lowest BCUT2D eigenvalue weighted by molar-refractivity contribution is -0.137. The molecule has 1 saturated carbocycles. The molecule has 2 aliphatic rings. The summed E-state index contributed by atoms with van der Waals surface area (Å²) >= 11 is 0. The molecule has 0 aromatic carbocycles. The first-order valence-electron chi connectivity index (χ1n) is 8.20. The van der Waals surface area contributed by atoms with Gasteiger partial charge in [0.15, 0.2) is 0 Å². The third kappa shape index (κ3) is 4.95. The van der Waals surface area contributed by atoms with Crippen LogP contribution >= 0.6 is 0 Å². The molecule has 1 N–H and O–H groups in total. The average Bonchev–Trinajstić information content (AvgIpc) is 2.46. The fourth-order valence-electron chi connectivity index (χ4n) is 3.67. The standard InChI is InChI=1S/C15H27NO4S/c17-15(18)10-9-14-8-4-5-11-16(14)21(19,20)12-13-6-2-1-3-7-13/h13-14H,1-12H2,(H,17,18). The van der Waals surface area contributed by atoms with E-state index in [0.29, 0.717) is 18.9 Å². The van der Waals surface area contributed by atoms with Gasteiger partial charge < -0.3 is 5.11 Å². The highest BCUT2D eigenvalue weighted by Gasteiger charge is 2.34. The summed E-state index contributed by atoms with van der Waals surface area (Å²) in [5, 5.41) is 8.83. The highest BCUT2D eigenvalue weighted by Crippen LogP contribution is 2.29. The van der Waals surface area contributed by atoms with Gasteiger partial charge in [0.25, 0.3) is 0 Å². The first-order chi connectivity index (χ1) is 9.99. The first kappa shape index (κ1) is 16.7. The highest BCUT2D eigenvalue weighted by molar-refractivity contribution is 7.89. The van der Waals surface area contributed by atoms with E-state index < -0.39 is 16.0 Å². The van der Waals surface area contributed by atoms with Crippen molar-refractivity contribution in [3.8, 4) is 0 Å². The summed E-state index contributed by atoms with van der Waals surface area (Å²) in [5.41, 5.74) is 0. The van der Waals surface area contributed by atoms with Crippen molar-refractivity contribution < 1.29 is 18.3 Å². The quantitative estimate of drug-likeness (QED) is 0.817. The molecule has 2 fully saturated rings. The number of rotatable bonds is 6. The Morgan fingerprint density at radius 2 is 1.71 bits per heavy atom. The molecule has 21 heavy (non-hydrogen) atoms. The molecule has 0 aromatic rings. The van der Waals surface area contributed by atoms with Crippen LogP contribution in [0.1, 0.15) is 64.2 Å². The van der Waals surface area contributed by atoms with Gasteiger partial charge in [-0.1, -0.05) is 25.7 Å². The third-order valence-corrected chi connectivity index (χ3v) is 6.88. The topological polar surface area (TPSA) is 74.7 Å². The number of aliphatic carboxylic acids is 1. The van der Waals surface area contributed by atoms with Crippen molar-refractivity contribution in [3.63, 3.8) is 0 Å². The number of hydrogen-bond donors (Lipinski definition) is 1. The molecular weight excluding hydrogens is 290 g/mol. The van der Waals surface area contributed by atoms with Gasteiger partial charge in [0.2, 0.25) is 10.0 Å². The molecular formula is C15H27NO4S. The number of nitrogens with zero attached hydrogens (tertiary/aromatic N) is 1. The Morgan fingerprint density at radius 1 is 1.05 bits per heavy atom. The van der Waals surface area contributed by atoms with Gasteiger partial charge in [-0.15, -0.1) is 0 Å². The lowest BCUT2D eigenvalue weighted by Gasteiger charge is -2.36. The van der Waals surface area contributed by atoms with Crippen LogP contribution in [-0.2, 0) is 14.8 Å². The highest BCUT2D eigenvalue weighted by atomic mass is 32.2. The molecule has 1 aliphatic carbocycles. The second-order valence-corrected chi connectivity index (χ2v) is 8.44. The van der Waals surface area contributed by atoms with Crippen LogP contribution in [0.4, 0.5) is 0 Å². The maximum absolute atomic E-state index is 12.7. The molecule has 122 valence electrons. The van der Waals surface area contributed by atoms with Crippen molar-refractivity contribution in [3.05, 3.63) is 0 Å². The molecule has 0 amide bonds. The van der Waals surface area contributed by atoms with Crippen LogP contribution in [0, 0.1) is 5.92 Å². The minimum Gasteiger partial charge on any atom is -0.481 e. The Bertz CT molecular complexity index is 443. The monoisotopic (exact) mass is 317 g/mol. The normalized spacial score (nSPS) is 25.8. The van der Waals surface area contributed by atoms with Crippen LogP contribution < -0.4 is 0 Å². The molecule has 2 rings (SSSR count). The number of carboxylic acid groups (broad SMARTS) is 1. The van der Waals surface area contributed by atoms with Crippen LogP contribution in [0.5, 0.6) is 0 Å². The largest absolute Gasteiger partial charge is 0.481 e. The van der Waals surface area contributed by atoms with Gasteiger partial charge in [-0.05, 0) is 38.0 Å². The average molecular weight is 317 g/mol. The number of hydrogen-bond acceptors (Lipinski definition) is 3. The Hall–Kier alpha value is -0.620. The van der Waals surface area contributed by atoms with E-state index in [-0.39, 0.29) is 18.2 Å². The molecule has 0 bridgehead atoms. The van der Waals surface area contributed by atoms with Gasteiger partial charge in [0.1, 0.15) is 0 Å². The summed E-state index contributed by atoms with van der Waals surface area (Å²) in [6, 6.07) is -0.108. The molecule has 6 heteroatoms. The minimum atomic E-state index is -3.24. The van der Waals surface area contributed by atoms with Crippen LogP contribution in [-0.4, -0.2) is 42.1 Å². The van der Waals surface area contributed by atoms with Crippen molar-refractivity contribution in [2.75, 3.05) is 12.3 Å². The second kappa shape index (κ2) is 7.58. The van der Waals surface area contributed by atoms with E-state index in [2.05, 4.69) is 0 Å². The van der Waals surface area contributed by atoms with E-state index in [1.807, 2.05) is 0 Å². The Balaban J connectivity index is 1.98. The lowest BCUT2D eigenvalue weighted by Crippen LogP contribution is -2.46. The Labute approximate surface area is 127 Å². The van der Waals surface area contributed by atoms with E-state index in [1.165, 1.54) is 6.42 Å². The first-order valence-corrected chi connectivity index (χ1v) is 9.81. The fraction of sp³-hybridized carbons (Fsp3) is 0.933. The fourth-order valence-corrected chi connectivity index (χ4v) is 5.86. The van der Waals surface area contributed by atoms with Crippen LogP contribution in [0.15, 0.2) is 0 Å². The molecule has 1 unspecified atom stereocenters. The molecule has 1 atom stereocenters. The zero-order chi connectivity index (χ0) is 15.3. The van der Waals surface area contributed by atoms with Gasteiger partial charge in [0.05, 0.1) is 5.75 Å². The molecule has 1 aliphatic heterocycles. The zero-order valence-corrected chi connectivity index (χ0v) is 13.5. The summed E-state index contributed by atoms with van der Waals surface area (Å²) in [6.45, 7) is 0.569. The maximum Gasteiger partial charge on any atom is 0.303 e. The van der Waals surface area contributed by atoms with Crippen LogP contribution in [0.2, 0.25) is 0 Å². The van der Waals surface area contributed by atoms with Gasteiger partial charge in [-0.3, -0.25) is 4.79 Å². The predicted molar refractivity (Wildman–Crippen MR) is 81.6 cm³/mol. The van der Waals surface area contributed by atoms with E-state index >= 15 is 0 Å². The number of carbonyl (C=O) groups is 1. The van der Waals surface area contributed by atoms with Crippen LogP contribution in [0.25, 0.3) is 0 Å². The molecule has 0 radical (unpaired) electrons. The van der Waals surface area contributed by atoms with Crippen molar-refractivity contribution in [1.29, 1.82) is 0 Å². The number of carboxylic acids is 1. The number of sulfonamides is 1. The minimum absolute atomic E-state index is 0.0557. The van der Waals surface area contributed by atoms with E-state index in [4.69, 9.17) is 5.11 Å². The smallest absolute Gasteiger partial charge is 0.303 e. The summed E-state index contributed by atoms with van der Waals surface area (Å²) in [6.07, 6.45) is 8.75. The van der Waals surface area contributed by atoms with Crippen LogP contribution in [0.3, 0.4) is 0 Å². The van der Waals surface area contributed by atoms with Gasteiger partial charge in [-0.25, -0.2) is 8.42 Å². The Kier molecular flexibility index (Phi) is 6.05. The zero-order valence-electron chi connectivity index (χ0n) is 12.7. The van der Waals surface area contributed by atoms with Gasteiger partial charge >= 0.3 is 5.97 Å². The van der Waals surface area contributed by atoms with Gasteiger partial charge in [-0.2, -0.15) is 4.31 Å². The predicted octanol–water partition coefficient (Wildman–Crippen LogP) is 2.62. The van der Waals surface area contributed by atoms with Crippen molar-refractivity contribution in [1.82, 2.24) is 4.31 Å². The Morgan fingerprint density at radius 3 is 2.38 bits per heavy atom. The molecule has 0 spiro atoms. The van der Waals surface area contributed by atoms with Crippen molar-refractivity contribution in [2.24, 2.45) is 5.92 Å². The lowest BCUT2D eigenvalue weighted by atomic mass is 9.91. The summed E-state index contributed by atoms with van der Waals surface area (Å²) in [7, 11) is -3.24. The maximum atomic E-state index is 12.7. The molecule has 0 aromatic heterocycles. The summed E-state index contributed by atoms with van der Waals surface area (Å²) in [5.74, 6) is -0.285. The number of piperidine rings is 1. The van der Waals surface area contributed by atoms with Crippen molar-refractivity contribution in [2.45, 2.75) is 70.3 Å². The molecule has 1 saturated heterocycles.